The van der Waals surface area contributed by atoms with Crippen LogP contribution in [-0.4, -0.2) is 31.4 Å². The van der Waals surface area contributed by atoms with Crippen molar-refractivity contribution in [2.24, 2.45) is 0 Å². The number of hydrogen-bond donors (Lipinski definition) is 1. The summed E-state index contributed by atoms with van der Waals surface area (Å²) in [5.74, 6) is -0.969. The van der Waals surface area contributed by atoms with Gasteiger partial charge in [0.15, 0.2) is 18.1 Å². The zero-order valence-corrected chi connectivity index (χ0v) is 16.2. The molecule has 0 atom stereocenters. The van der Waals surface area contributed by atoms with Crippen LogP contribution in [0.4, 0.5) is 0 Å². The van der Waals surface area contributed by atoms with E-state index < -0.39 is 12.6 Å². The van der Waals surface area contributed by atoms with Crippen molar-refractivity contribution in [3.05, 3.63) is 63.1 Å². The van der Waals surface area contributed by atoms with Gasteiger partial charge in [-0.3, -0.25) is 9.59 Å². The van der Waals surface area contributed by atoms with Crippen LogP contribution in [0, 0.1) is 0 Å². The lowest BCUT2D eigenvalue weighted by Crippen LogP contribution is -2.19. The second-order valence-corrected chi connectivity index (χ2v) is 6.39. The molecule has 0 aliphatic heterocycles. The van der Waals surface area contributed by atoms with Crippen LogP contribution in [0.15, 0.2) is 36.4 Å². The number of amides is 1. The van der Waals surface area contributed by atoms with Crippen molar-refractivity contribution in [1.82, 2.24) is 5.32 Å². The molecule has 0 radical (unpaired) electrons. The van der Waals surface area contributed by atoms with Crippen LogP contribution < -0.4 is 10.1 Å². The van der Waals surface area contributed by atoms with E-state index in [1.807, 2.05) is 0 Å². The van der Waals surface area contributed by atoms with Gasteiger partial charge in [-0.25, -0.2) is 4.79 Å². The van der Waals surface area contributed by atoms with E-state index >= 15 is 0 Å². The van der Waals surface area contributed by atoms with E-state index in [0.29, 0.717) is 12.1 Å². The molecule has 0 spiro atoms. The van der Waals surface area contributed by atoms with Crippen LogP contribution in [0.5, 0.6) is 5.75 Å². The number of benzene rings is 2. The lowest BCUT2D eigenvalue weighted by Gasteiger charge is -2.09. The zero-order valence-electron chi connectivity index (χ0n) is 14.7. The van der Waals surface area contributed by atoms with Gasteiger partial charge in [0, 0.05) is 19.0 Å². The molecule has 0 saturated heterocycles. The molecule has 1 amide bonds. The van der Waals surface area contributed by atoms with Crippen molar-refractivity contribution in [2.45, 2.75) is 13.5 Å². The molecule has 0 heterocycles. The van der Waals surface area contributed by atoms with Gasteiger partial charge in [-0.15, -0.1) is 0 Å². The molecule has 2 aromatic rings. The van der Waals surface area contributed by atoms with Crippen molar-refractivity contribution in [1.29, 1.82) is 0 Å². The number of methoxy groups -OCH3 is 1. The first-order chi connectivity index (χ1) is 12.8. The van der Waals surface area contributed by atoms with Crippen LogP contribution in [0.1, 0.15) is 33.2 Å². The fraction of sp³-hybridized carbons (Fsp3) is 0.211. The molecule has 0 aromatic heterocycles. The lowest BCUT2D eigenvalue weighted by molar-refractivity contribution is -0.119. The third kappa shape index (κ3) is 5.70. The Hall–Kier alpha value is -2.57. The molecule has 0 saturated carbocycles. The number of esters is 1. The summed E-state index contributed by atoms with van der Waals surface area (Å²) in [5.41, 5.74) is 1.35. The van der Waals surface area contributed by atoms with Crippen LogP contribution in [-0.2, 0) is 16.1 Å². The molecule has 0 bridgehead atoms. The average Bonchev–Trinajstić information content (AvgIpc) is 2.64. The van der Waals surface area contributed by atoms with Gasteiger partial charge >= 0.3 is 5.97 Å². The number of halogens is 2. The molecule has 0 fully saturated rings. The molecule has 0 aliphatic rings. The number of hydrogen-bond acceptors (Lipinski definition) is 5. The van der Waals surface area contributed by atoms with Gasteiger partial charge in [-0.1, -0.05) is 47.5 Å². The SMILES string of the molecule is COc1c(Cl)cc(C(=O)OCC(=O)c2ccc(CNC(C)=O)cc2)cc1Cl. The smallest absolute Gasteiger partial charge is 0.338 e. The third-order valence-electron chi connectivity index (χ3n) is 3.59. The highest BCUT2D eigenvalue weighted by atomic mass is 35.5. The van der Waals surface area contributed by atoms with Gasteiger partial charge < -0.3 is 14.8 Å². The first kappa shape index (κ1) is 20.7. The Balaban J connectivity index is 1.97. The van der Waals surface area contributed by atoms with E-state index in [-0.39, 0.29) is 33.0 Å². The molecule has 0 aliphatic carbocycles. The summed E-state index contributed by atoms with van der Waals surface area (Å²) in [5, 5.41) is 2.99. The van der Waals surface area contributed by atoms with E-state index in [2.05, 4.69) is 5.32 Å². The summed E-state index contributed by atoms with van der Waals surface area (Å²) in [6.45, 7) is 1.37. The summed E-state index contributed by atoms with van der Waals surface area (Å²) in [6, 6.07) is 9.36. The topological polar surface area (TPSA) is 81.7 Å². The summed E-state index contributed by atoms with van der Waals surface area (Å²) < 4.78 is 10.0. The fourth-order valence-electron chi connectivity index (χ4n) is 2.21. The van der Waals surface area contributed by atoms with Gasteiger partial charge in [0.25, 0.3) is 0 Å². The Morgan fingerprint density at radius 1 is 1.00 bits per heavy atom. The predicted molar refractivity (Wildman–Crippen MR) is 102 cm³/mol. The highest BCUT2D eigenvalue weighted by Crippen LogP contribution is 2.33. The van der Waals surface area contributed by atoms with E-state index in [1.54, 1.807) is 24.3 Å². The van der Waals surface area contributed by atoms with E-state index in [4.69, 9.17) is 32.7 Å². The minimum atomic E-state index is -0.725. The van der Waals surface area contributed by atoms with Gasteiger partial charge in [-0.05, 0) is 17.7 Å². The van der Waals surface area contributed by atoms with Gasteiger partial charge in [0.1, 0.15) is 0 Å². The zero-order chi connectivity index (χ0) is 20.0. The normalized spacial score (nSPS) is 10.2. The van der Waals surface area contributed by atoms with Crippen molar-refractivity contribution in [3.8, 4) is 5.75 Å². The number of Topliss-reactive ketones (excluding diaryl/α,β-unsaturated/α-hetero) is 1. The number of rotatable bonds is 7. The number of nitrogens with one attached hydrogen (secondary N) is 1. The molecule has 142 valence electrons. The molecular formula is C19H17Cl2NO5. The first-order valence-electron chi connectivity index (χ1n) is 7.88. The molecular weight excluding hydrogens is 393 g/mol. The highest BCUT2D eigenvalue weighted by Gasteiger charge is 2.16. The van der Waals surface area contributed by atoms with E-state index in [1.165, 1.54) is 26.2 Å². The van der Waals surface area contributed by atoms with Crippen LogP contribution >= 0.6 is 23.2 Å². The van der Waals surface area contributed by atoms with Gasteiger partial charge in [0.2, 0.25) is 5.91 Å². The van der Waals surface area contributed by atoms with Crippen molar-refractivity contribution >= 4 is 40.9 Å². The van der Waals surface area contributed by atoms with Gasteiger partial charge in [-0.2, -0.15) is 0 Å². The van der Waals surface area contributed by atoms with Crippen molar-refractivity contribution in [2.75, 3.05) is 13.7 Å². The molecule has 1 N–H and O–H groups in total. The largest absolute Gasteiger partial charge is 0.494 e. The van der Waals surface area contributed by atoms with Crippen molar-refractivity contribution < 1.29 is 23.9 Å². The summed E-state index contributed by atoms with van der Waals surface area (Å²) in [6.07, 6.45) is 0. The highest BCUT2D eigenvalue weighted by molar-refractivity contribution is 6.37. The van der Waals surface area contributed by atoms with Crippen LogP contribution in [0.2, 0.25) is 10.0 Å². The number of carbonyl (C=O) groups is 3. The Morgan fingerprint density at radius 3 is 2.11 bits per heavy atom. The maximum absolute atomic E-state index is 12.2. The van der Waals surface area contributed by atoms with Gasteiger partial charge in [0.05, 0.1) is 22.7 Å². The lowest BCUT2D eigenvalue weighted by atomic mass is 10.1. The van der Waals surface area contributed by atoms with Crippen molar-refractivity contribution in [3.63, 3.8) is 0 Å². The maximum atomic E-state index is 12.2. The Bertz CT molecular complexity index is 842. The second-order valence-electron chi connectivity index (χ2n) is 5.58. The summed E-state index contributed by atoms with van der Waals surface area (Å²) in [7, 11) is 1.41. The van der Waals surface area contributed by atoms with Crippen LogP contribution in [0.3, 0.4) is 0 Å². The quantitative estimate of drug-likeness (QED) is 0.557. The summed E-state index contributed by atoms with van der Waals surface area (Å²) >= 11 is 12.0. The number of carbonyl (C=O) groups excluding carboxylic acids is 3. The average molecular weight is 410 g/mol. The van der Waals surface area contributed by atoms with Crippen LogP contribution in [0.25, 0.3) is 0 Å². The van der Waals surface area contributed by atoms with E-state index in [0.717, 1.165) is 5.56 Å². The first-order valence-corrected chi connectivity index (χ1v) is 8.64. The minimum absolute atomic E-state index is 0.115. The number of ether oxygens (including phenoxy) is 2. The monoisotopic (exact) mass is 409 g/mol. The standard InChI is InChI=1S/C19H17Cl2NO5/c1-11(23)22-9-12-3-5-13(6-4-12)17(24)10-27-19(25)14-7-15(20)18(26-2)16(21)8-14/h3-8H,9-10H2,1-2H3,(H,22,23). The number of ketones is 1. The van der Waals surface area contributed by atoms with E-state index in [9.17, 15) is 14.4 Å². The molecule has 27 heavy (non-hydrogen) atoms. The maximum Gasteiger partial charge on any atom is 0.338 e. The third-order valence-corrected chi connectivity index (χ3v) is 4.15. The molecule has 6 nitrogen and oxygen atoms in total. The molecule has 8 heteroatoms. The molecule has 2 aromatic carbocycles. The minimum Gasteiger partial charge on any atom is -0.494 e. The molecule has 0 unspecified atom stereocenters. The fourth-order valence-corrected chi connectivity index (χ4v) is 2.85. The molecule has 2 rings (SSSR count). The Labute approximate surface area is 166 Å². The summed E-state index contributed by atoms with van der Waals surface area (Å²) in [4.78, 5) is 35.2. The Kier molecular flexibility index (Phi) is 7.21. The predicted octanol–water partition coefficient (Wildman–Crippen LogP) is 3.68. The Morgan fingerprint density at radius 2 is 1.59 bits per heavy atom. The second kappa shape index (κ2) is 9.39.